The van der Waals surface area contributed by atoms with Gasteiger partial charge in [0.05, 0.1) is 0 Å². The number of nitrogens with one attached hydrogen (secondary N) is 1. The molecule has 0 aliphatic carbocycles. The molecule has 4 heteroatoms. The van der Waals surface area contributed by atoms with Crippen LogP contribution in [0.5, 0.6) is 17.2 Å². The molecule has 0 radical (unpaired) electrons. The highest BCUT2D eigenvalue weighted by Crippen LogP contribution is 2.36. The van der Waals surface area contributed by atoms with Crippen LogP contribution in [0.15, 0.2) is 18.2 Å². The Hall–Kier alpha value is -1.42. The first-order chi connectivity index (χ1) is 7.25. The molecule has 1 aromatic carbocycles. The highest BCUT2D eigenvalue weighted by molar-refractivity contribution is 5.47. The van der Waals surface area contributed by atoms with Gasteiger partial charge in [0, 0.05) is 19.2 Å². The zero-order valence-corrected chi connectivity index (χ0v) is 8.58. The summed E-state index contributed by atoms with van der Waals surface area (Å²) in [6.45, 7) is 4.18. The summed E-state index contributed by atoms with van der Waals surface area (Å²) in [4.78, 5) is 0. The molecule has 1 N–H and O–H groups in total. The van der Waals surface area contributed by atoms with Crippen molar-refractivity contribution in [2.45, 2.75) is 12.5 Å². The smallest absolute Gasteiger partial charge is 0.231 e. The van der Waals surface area contributed by atoms with E-state index in [0.29, 0.717) is 6.79 Å². The lowest BCUT2D eigenvalue weighted by Gasteiger charge is -2.39. The molecule has 2 heterocycles. The van der Waals surface area contributed by atoms with E-state index in [2.05, 4.69) is 12.2 Å². The van der Waals surface area contributed by atoms with Crippen molar-refractivity contribution < 1.29 is 14.2 Å². The van der Waals surface area contributed by atoms with Crippen LogP contribution in [0.1, 0.15) is 6.92 Å². The van der Waals surface area contributed by atoms with Crippen molar-refractivity contribution in [2.75, 3.05) is 19.9 Å². The predicted molar refractivity (Wildman–Crippen MR) is 54.5 cm³/mol. The van der Waals surface area contributed by atoms with Crippen molar-refractivity contribution in [2.24, 2.45) is 0 Å². The Balaban J connectivity index is 1.81. The first-order valence-corrected chi connectivity index (χ1v) is 5.05. The van der Waals surface area contributed by atoms with Crippen molar-refractivity contribution in [3.63, 3.8) is 0 Å². The van der Waals surface area contributed by atoms with Crippen molar-refractivity contribution in [3.05, 3.63) is 18.2 Å². The van der Waals surface area contributed by atoms with Crippen LogP contribution in [0.2, 0.25) is 0 Å². The third-order valence-electron chi connectivity index (χ3n) is 2.71. The molecule has 80 valence electrons. The predicted octanol–water partition coefficient (Wildman–Crippen LogP) is 1.16. The molecule has 1 saturated heterocycles. The van der Waals surface area contributed by atoms with Gasteiger partial charge in [0.1, 0.15) is 11.4 Å². The fourth-order valence-electron chi connectivity index (χ4n) is 1.77. The summed E-state index contributed by atoms with van der Waals surface area (Å²) in [5, 5.41) is 3.19. The topological polar surface area (TPSA) is 39.7 Å². The van der Waals surface area contributed by atoms with Crippen molar-refractivity contribution in [1.29, 1.82) is 0 Å². The minimum Gasteiger partial charge on any atom is -0.485 e. The van der Waals surface area contributed by atoms with E-state index in [4.69, 9.17) is 14.2 Å². The molecule has 0 spiro atoms. The molecule has 3 rings (SSSR count). The second-order valence-corrected chi connectivity index (χ2v) is 4.17. The zero-order chi connectivity index (χ0) is 10.3. The summed E-state index contributed by atoms with van der Waals surface area (Å²) in [7, 11) is 0. The molecule has 0 aromatic heterocycles. The Morgan fingerprint density at radius 1 is 1.27 bits per heavy atom. The van der Waals surface area contributed by atoms with Crippen LogP contribution in [0.3, 0.4) is 0 Å². The van der Waals surface area contributed by atoms with Crippen molar-refractivity contribution in [1.82, 2.24) is 5.32 Å². The maximum absolute atomic E-state index is 5.86. The van der Waals surface area contributed by atoms with E-state index < -0.39 is 0 Å². The second kappa shape index (κ2) is 3.03. The van der Waals surface area contributed by atoms with Gasteiger partial charge >= 0.3 is 0 Å². The highest BCUT2D eigenvalue weighted by atomic mass is 16.7. The minimum absolute atomic E-state index is 0.0757. The quantitative estimate of drug-likeness (QED) is 0.789. The van der Waals surface area contributed by atoms with Gasteiger partial charge in [-0.05, 0) is 19.1 Å². The monoisotopic (exact) mass is 207 g/mol. The summed E-state index contributed by atoms with van der Waals surface area (Å²) >= 11 is 0. The van der Waals surface area contributed by atoms with Crippen molar-refractivity contribution >= 4 is 0 Å². The maximum atomic E-state index is 5.86. The SMILES string of the molecule is CC1(Oc2ccc3c(c2)OCO3)CNC1. The number of fused-ring (bicyclic) bond motifs is 1. The summed E-state index contributed by atoms with van der Waals surface area (Å²) in [6, 6.07) is 5.68. The van der Waals surface area contributed by atoms with Gasteiger partial charge in [0.25, 0.3) is 0 Å². The van der Waals surface area contributed by atoms with E-state index in [1.54, 1.807) is 0 Å². The molecule has 2 aliphatic rings. The van der Waals surface area contributed by atoms with Gasteiger partial charge in [-0.2, -0.15) is 0 Å². The number of rotatable bonds is 2. The molecule has 0 bridgehead atoms. The van der Waals surface area contributed by atoms with Crippen molar-refractivity contribution in [3.8, 4) is 17.2 Å². The van der Waals surface area contributed by atoms with Crippen LogP contribution in [-0.4, -0.2) is 25.5 Å². The fraction of sp³-hybridized carbons (Fsp3) is 0.455. The third-order valence-corrected chi connectivity index (χ3v) is 2.71. The largest absolute Gasteiger partial charge is 0.485 e. The molecule has 0 saturated carbocycles. The summed E-state index contributed by atoms with van der Waals surface area (Å²) in [5.74, 6) is 2.39. The Kier molecular flexibility index (Phi) is 1.79. The van der Waals surface area contributed by atoms with Crippen LogP contribution >= 0.6 is 0 Å². The van der Waals surface area contributed by atoms with Gasteiger partial charge < -0.3 is 19.5 Å². The zero-order valence-electron chi connectivity index (χ0n) is 8.58. The molecule has 0 unspecified atom stereocenters. The summed E-state index contributed by atoms with van der Waals surface area (Å²) in [5.41, 5.74) is -0.0757. The lowest BCUT2D eigenvalue weighted by Crippen LogP contribution is -2.60. The lowest BCUT2D eigenvalue weighted by molar-refractivity contribution is 0.0347. The Labute approximate surface area is 88.1 Å². The minimum atomic E-state index is -0.0757. The van der Waals surface area contributed by atoms with Crippen LogP contribution in [0, 0.1) is 0 Å². The van der Waals surface area contributed by atoms with Crippen LogP contribution in [-0.2, 0) is 0 Å². The van der Waals surface area contributed by atoms with E-state index in [9.17, 15) is 0 Å². The fourth-order valence-corrected chi connectivity index (χ4v) is 1.77. The van der Waals surface area contributed by atoms with Gasteiger partial charge in [0.2, 0.25) is 6.79 Å². The van der Waals surface area contributed by atoms with E-state index in [1.165, 1.54) is 0 Å². The molecular formula is C11H13NO3. The van der Waals surface area contributed by atoms with Crippen LogP contribution in [0.25, 0.3) is 0 Å². The molecule has 4 nitrogen and oxygen atoms in total. The number of hydrogen-bond acceptors (Lipinski definition) is 4. The summed E-state index contributed by atoms with van der Waals surface area (Å²) in [6.07, 6.45) is 0. The lowest BCUT2D eigenvalue weighted by atomic mass is 10.00. The van der Waals surface area contributed by atoms with E-state index in [1.807, 2.05) is 18.2 Å². The second-order valence-electron chi connectivity index (χ2n) is 4.17. The maximum Gasteiger partial charge on any atom is 0.231 e. The normalized spacial score (nSPS) is 20.9. The van der Waals surface area contributed by atoms with E-state index >= 15 is 0 Å². The van der Waals surface area contributed by atoms with Gasteiger partial charge in [-0.3, -0.25) is 0 Å². The first kappa shape index (κ1) is 8.85. The standard InChI is InChI=1S/C11H13NO3/c1-11(5-12-6-11)15-8-2-3-9-10(4-8)14-7-13-9/h2-4,12H,5-7H2,1H3. The number of benzene rings is 1. The average molecular weight is 207 g/mol. The summed E-state index contributed by atoms with van der Waals surface area (Å²) < 4.78 is 16.4. The van der Waals surface area contributed by atoms with Crippen LogP contribution in [0.4, 0.5) is 0 Å². The Morgan fingerprint density at radius 3 is 2.80 bits per heavy atom. The van der Waals surface area contributed by atoms with Crippen LogP contribution < -0.4 is 19.5 Å². The first-order valence-electron chi connectivity index (χ1n) is 5.05. The molecule has 1 aromatic rings. The van der Waals surface area contributed by atoms with Gasteiger partial charge in [0.15, 0.2) is 11.5 Å². The van der Waals surface area contributed by atoms with E-state index in [0.717, 1.165) is 30.3 Å². The van der Waals surface area contributed by atoms with Gasteiger partial charge in [-0.25, -0.2) is 0 Å². The van der Waals surface area contributed by atoms with Gasteiger partial charge in [-0.15, -0.1) is 0 Å². The molecule has 0 atom stereocenters. The Morgan fingerprint density at radius 2 is 2.07 bits per heavy atom. The number of hydrogen-bond donors (Lipinski definition) is 1. The third kappa shape index (κ3) is 1.51. The molecule has 0 amide bonds. The highest BCUT2D eigenvalue weighted by Gasteiger charge is 2.34. The molecule has 15 heavy (non-hydrogen) atoms. The molecular weight excluding hydrogens is 194 g/mol. The average Bonchev–Trinajstić information content (AvgIpc) is 2.62. The van der Waals surface area contributed by atoms with E-state index in [-0.39, 0.29) is 5.60 Å². The number of ether oxygens (including phenoxy) is 3. The molecule has 1 fully saturated rings. The van der Waals surface area contributed by atoms with Gasteiger partial charge in [-0.1, -0.05) is 0 Å². The molecule has 2 aliphatic heterocycles. The Bertz CT molecular complexity index is 387.